The van der Waals surface area contributed by atoms with Crippen LogP contribution >= 0.6 is 0 Å². The lowest BCUT2D eigenvalue weighted by molar-refractivity contribution is 0.102. The molecular weight excluding hydrogens is 238 g/mol. The van der Waals surface area contributed by atoms with Gasteiger partial charge in [0.1, 0.15) is 5.75 Å². The highest BCUT2D eigenvalue weighted by atomic mass is 16.5. The average molecular weight is 253 g/mol. The van der Waals surface area contributed by atoms with Crippen molar-refractivity contribution in [3.8, 4) is 5.75 Å². The molecule has 3 heteroatoms. The summed E-state index contributed by atoms with van der Waals surface area (Å²) >= 11 is 0. The molecule has 3 nitrogen and oxygen atoms in total. The van der Waals surface area contributed by atoms with E-state index < -0.39 is 0 Å². The van der Waals surface area contributed by atoms with Crippen molar-refractivity contribution < 1.29 is 9.53 Å². The van der Waals surface area contributed by atoms with Gasteiger partial charge in [0.15, 0.2) is 0 Å². The molecule has 0 heterocycles. The Morgan fingerprint density at radius 3 is 2.58 bits per heavy atom. The Morgan fingerprint density at radius 1 is 1.21 bits per heavy atom. The van der Waals surface area contributed by atoms with Crippen molar-refractivity contribution in [2.75, 3.05) is 12.4 Å². The van der Waals surface area contributed by atoms with Gasteiger partial charge in [-0.1, -0.05) is 24.8 Å². The van der Waals surface area contributed by atoms with Crippen molar-refractivity contribution in [1.82, 2.24) is 0 Å². The van der Waals surface area contributed by atoms with Crippen molar-refractivity contribution in [2.24, 2.45) is 0 Å². The highest BCUT2D eigenvalue weighted by molar-refractivity contribution is 6.04. The minimum Gasteiger partial charge on any atom is -0.497 e. The Kier molecular flexibility index (Phi) is 3.98. The summed E-state index contributed by atoms with van der Waals surface area (Å²) in [6.45, 7) is 3.70. The van der Waals surface area contributed by atoms with E-state index in [4.69, 9.17) is 4.74 Å². The number of ether oxygens (including phenoxy) is 1. The lowest BCUT2D eigenvalue weighted by Crippen LogP contribution is -2.11. The zero-order valence-electron chi connectivity index (χ0n) is 10.7. The number of carbonyl (C=O) groups is 1. The van der Waals surface area contributed by atoms with Crippen molar-refractivity contribution in [3.63, 3.8) is 0 Å². The first-order chi connectivity index (χ1) is 9.22. The summed E-state index contributed by atoms with van der Waals surface area (Å²) in [6.07, 6.45) is 1.74. The van der Waals surface area contributed by atoms with Crippen molar-refractivity contribution in [1.29, 1.82) is 0 Å². The van der Waals surface area contributed by atoms with Gasteiger partial charge in [-0.25, -0.2) is 0 Å². The molecule has 0 radical (unpaired) electrons. The molecule has 2 aromatic carbocycles. The molecule has 0 unspecified atom stereocenters. The molecule has 0 fully saturated rings. The highest BCUT2D eigenvalue weighted by Gasteiger charge is 2.06. The molecular formula is C16H15NO2. The quantitative estimate of drug-likeness (QED) is 0.904. The van der Waals surface area contributed by atoms with E-state index in [2.05, 4.69) is 11.9 Å². The Labute approximate surface area is 112 Å². The standard InChI is InChI=1S/C16H15NO2/c1-3-12-5-4-6-14(11-12)17-16(18)13-7-9-15(19-2)10-8-13/h3-11H,1H2,2H3,(H,17,18). The third kappa shape index (κ3) is 3.22. The average Bonchev–Trinajstić information content (AvgIpc) is 2.47. The number of hydrogen-bond acceptors (Lipinski definition) is 2. The van der Waals surface area contributed by atoms with Crippen LogP contribution in [0.25, 0.3) is 6.08 Å². The topological polar surface area (TPSA) is 38.3 Å². The minimum absolute atomic E-state index is 0.149. The maximum absolute atomic E-state index is 12.0. The Balaban J connectivity index is 2.13. The summed E-state index contributed by atoms with van der Waals surface area (Å²) in [7, 11) is 1.59. The first kappa shape index (κ1) is 12.9. The lowest BCUT2D eigenvalue weighted by Gasteiger charge is -2.06. The molecule has 2 aromatic rings. The minimum atomic E-state index is -0.149. The van der Waals surface area contributed by atoms with Crippen molar-refractivity contribution in [2.45, 2.75) is 0 Å². The fourth-order valence-corrected chi connectivity index (χ4v) is 1.69. The van der Waals surface area contributed by atoms with Crippen LogP contribution in [0, 0.1) is 0 Å². The normalized spacial score (nSPS) is 9.74. The van der Waals surface area contributed by atoms with Crippen LogP contribution in [0.4, 0.5) is 5.69 Å². The predicted molar refractivity (Wildman–Crippen MR) is 77.5 cm³/mol. The summed E-state index contributed by atoms with van der Waals surface area (Å²) in [5.41, 5.74) is 2.30. The maximum Gasteiger partial charge on any atom is 0.255 e. The second-order valence-electron chi connectivity index (χ2n) is 4.01. The molecule has 96 valence electrons. The molecule has 0 saturated heterocycles. The summed E-state index contributed by atoms with van der Waals surface area (Å²) < 4.78 is 5.05. The first-order valence-electron chi connectivity index (χ1n) is 5.91. The van der Waals surface area contributed by atoms with Crippen LogP contribution in [0.5, 0.6) is 5.75 Å². The molecule has 0 atom stereocenters. The van der Waals surface area contributed by atoms with Gasteiger partial charge in [0.05, 0.1) is 7.11 Å². The molecule has 0 aliphatic rings. The summed E-state index contributed by atoms with van der Waals surface area (Å²) in [6, 6.07) is 14.5. The number of amides is 1. The molecule has 19 heavy (non-hydrogen) atoms. The number of rotatable bonds is 4. The summed E-state index contributed by atoms with van der Waals surface area (Å²) in [5, 5.41) is 2.84. The lowest BCUT2D eigenvalue weighted by atomic mass is 10.1. The second kappa shape index (κ2) is 5.87. The Hall–Kier alpha value is -2.55. The number of carbonyl (C=O) groups excluding carboxylic acids is 1. The van der Waals surface area contributed by atoms with Crippen LogP contribution in [0.1, 0.15) is 15.9 Å². The second-order valence-corrected chi connectivity index (χ2v) is 4.01. The third-order valence-electron chi connectivity index (χ3n) is 2.73. The monoisotopic (exact) mass is 253 g/mol. The molecule has 0 aliphatic heterocycles. The van der Waals surface area contributed by atoms with Crippen LogP contribution in [-0.4, -0.2) is 13.0 Å². The van der Waals surface area contributed by atoms with Gasteiger partial charge in [-0.3, -0.25) is 4.79 Å². The molecule has 0 spiro atoms. The molecule has 0 bridgehead atoms. The fraction of sp³-hybridized carbons (Fsp3) is 0.0625. The SMILES string of the molecule is C=Cc1cccc(NC(=O)c2ccc(OC)cc2)c1. The van der Waals surface area contributed by atoms with Gasteiger partial charge < -0.3 is 10.1 Å². The maximum atomic E-state index is 12.0. The zero-order chi connectivity index (χ0) is 13.7. The number of anilines is 1. The van der Waals surface area contributed by atoms with Crippen molar-refractivity contribution >= 4 is 17.7 Å². The van der Waals surface area contributed by atoms with E-state index in [0.29, 0.717) is 5.56 Å². The van der Waals surface area contributed by atoms with E-state index in [1.807, 2.05) is 24.3 Å². The van der Waals surface area contributed by atoms with E-state index in [1.54, 1.807) is 37.5 Å². The van der Waals surface area contributed by atoms with E-state index in [9.17, 15) is 4.79 Å². The third-order valence-corrected chi connectivity index (χ3v) is 2.73. The van der Waals surface area contributed by atoms with Crippen LogP contribution < -0.4 is 10.1 Å². The molecule has 1 amide bonds. The van der Waals surface area contributed by atoms with Crippen LogP contribution in [0.15, 0.2) is 55.1 Å². The first-order valence-corrected chi connectivity index (χ1v) is 5.91. The fourth-order valence-electron chi connectivity index (χ4n) is 1.69. The van der Waals surface area contributed by atoms with Crippen LogP contribution in [0.3, 0.4) is 0 Å². The predicted octanol–water partition coefficient (Wildman–Crippen LogP) is 3.59. The summed E-state index contributed by atoms with van der Waals surface area (Å²) in [5.74, 6) is 0.578. The Morgan fingerprint density at radius 2 is 1.95 bits per heavy atom. The highest BCUT2D eigenvalue weighted by Crippen LogP contribution is 2.15. The van der Waals surface area contributed by atoms with Crippen molar-refractivity contribution in [3.05, 3.63) is 66.2 Å². The van der Waals surface area contributed by atoms with Gasteiger partial charge in [-0.2, -0.15) is 0 Å². The summed E-state index contributed by atoms with van der Waals surface area (Å²) in [4.78, 5) is 12.0. The van der Waals surface area contributed by atoms with Gasteiger partial charge in [-0.15, -0.1) is 0 Å². The van der Waals surface area contributed by atoms with Gasteiger partial charge in [0, 0.05) is 11.3 Å². The van der Waals surface area contributed by atoms with Gasteiger partial charge in [0.25, 0.3) is 5.91 Å². The largest absolute Gasteiger partial charge is 0.497 e. The molecule has 0 aromatic heterocycles. The van der Waals surface area contributed by atoms with Crippen LogP contribution in [-0.2, 0) is 0 Å². The molecule has 1 N–H and O–H groups in total. The van der Waals surface area contributed by atoms with E-state index in [-0.39, 0.29) is 5.91 Å². The van der Waals surface area contributed by atoms with E-state index in [0.717, 1.165) is 17.0 Å². The zero-order valence-corrected chi connectivity index (χ0v) is 10.7. The number of hydrogen-bond donors (Lipinski definition) is 1. The van der Waals surface area contributed by atoms with Crippen LogP contribution in [0.2, 0.25) is 0 Å². The van der Waals surface area contributed by atoms with E-state index in [1.165, 1.54) is 0 Å². The number of benzene rings is 2. The van der Waals surface area contributed by atoms with Gasteiger partial charge >= 0.3 is 0 Å². The Bertz CT molecular complexity index is 588. The number of methoxy groups -OCH3 is 1. The van der Waals surface area contributed by atoms with Gasteiger partial charge in [-0.05, 0) is 42.0 Å². The molecule has 2 rings (SSSR count). The van der Waals surface area contributed by atoms with Gasteiger partial charge in [0.2, 0.25) is 0 Å². The molecule has 0 aliphatic carbocycles. The smallest absolute Gasteiger partial charge is 0.255 e. The molecule has 0 saturated carbocycles. The number of nitrogens with one attached hydrogen (secondary N) is 1. The van der Waals surface area contributed by atoms with E-state index >= 15 is 0 Å².